The maximum atomic E-state index is 11.9. The van der Waals surface area contributed by atoms with Gasteiger partial charge in [0.25, 0.3) is 5.78 Å². The van der Waals surface area contributed by atoms with Gasteiger partial charge in [-0.15, -0.1) is 0 Å². The summed E-state index contributed by atoms with van der Waals surface area (Å²) in [5.41, 5.74) is 0.293. The summed E-state index contributed by atoms with van der Waals surface area (Å²) >= 11 is 0. The van der Waals surface area contributed by atoms with Gasteiger partial charge in [-0.05, 0) is 6.42 Å². The zero-order chi connectivity index (χ0) is 33.2. The molecule has 0 N–H and O–H groups in total. The molecule has 14 heteroatoms. The minimum atomic E-state index is -0.900. The number of benzene rings is 1. The topological polar surface area (TPSA) is 153 Å². The van der Waals surface area contributed by atoms with Gasteiger partial charge in [0, 0.05) is 12.0 Å². The van der Waals surface area contributed by atoms with Crippen LogP contribution in [0.1, 0.15) is 30.1 Å². The van der Waals surface area contributed by atoms with Gasteiger partial charge in [0.15, 0.2) is 0 Å². The summed E-state index contributed by atoms with van der Waals surface area (Å²) in [6.45, 7) is 9.87. The Bertz CT molecular complexity index is 854. The number of rotatable bonds is 34. The minimum Gasteiger partial charge on any atom is -0.463 e. The molecule has 14 nitrogen and oxygen atoms in total. The highest BCUT2D eigenvalue weighted by molar-refractivity contribution is 6.40. The molecule has 0 saturated carbocycles. The van der Waals surface area contributed by atoms with Crippen LogP contribution in [-0.2, 0) is 61.7 Å². The van der Waals surface area contributed by atoms with Crippen molar-refractivity contribution in [2.75, 3.05) is 132 Å². The predicted octanol–water partition coefficient (Wildman–Crippen LogP) is 1.91. The Morgan fingerprint density at radius 1 is 0.435 bits per heavy atom. The van der Waals surface area contributed by atoms with E-state index in [4.69, 9.17) is 52.1 Å². The molecule has 0 heterocycles. The Kier molecular flexibility index (Phi) is 29.2. The van der Waals surface area contributed by atoms with Crippen LogP contribution in [-0.4, -0.2) is 150 Å². The maximum absolute atomic E-state index is 11.9. The Balaban J connectivity index is 1.67. The molecule has 0 bridgehead atoms. The monoisotopic (exact) mass is 660 g/mol. The van der Waals surface area contributed by atoms with Crippen LogP contribution in [0.15, 0.2) is 30.3 Å². The summed E-state index contributed by atoms with van der Waals surface area (Å²) in [4.78, 5) is 34.8. The summed E-state index contributed by atoms with van der Waals surface area (Å²) in [7, 11) is 0. The van der Waals surface area contributed by atoms with Crippen molar-refractivity contribution >= 4 is 17.7 Å². The van der Waals surface area contributed by atoms with Crippen LogP contribution in [0.4, 0.5) is 0 Å². The molecule has 0 saturated heterocycles. The van der Waals surface area contributed by atoms with Crippen LogP contribution in [0, 0.1) is 0 Å². The van der Waals surface area contributed by atoms with Gasteiger partial charge >= 0.3 is 11.9 Å². The first-order valence-electron chi connectivity index (χ1n) is 15.8. The standard InChI is InChI=1S/C32H52O14/c1-2-6-30(33)45-27-25-43-23-21-41-19-17-39-15-13-37-11-9-36-10-12-38-14-16-40-18-20-42-22-24-44-26-28-46-32(35)31(34)29-7-4-3-5-8-29/h3-5,7-8H,2,6,9-28H2,1H3. The van der Waals surface area contributed by atoms with Crippen molar-refractivity contribution in [3.05, 3.63) is 35.9 Å². The maximum Gasteiger partial charge on any atom is 0.379 e. The lowest BCUT2D eigenvalue weighted by Gasteiger charge is -2.09. The minimum absolute atomic E-state index is 0.00572. The van der Waals surface area contributed by atoms with Crippen LogP contribution >= 0.6 is 0 Å². The Morgan fingerprint density at radius 2 is 0.739 bits per heavy atom. The molecule has 0 unspecified atom stereocenters. The Labute approximate surface area is 272 Å². The van der Waals surface area contributed by atoms with Crippen molar-refractivity contribution in [3.63, 3.8) is 0 Å². The normalized spacial score (nSPS) is 11.1. The van der Waals surface area contributed by atoms with Crippen molar-refractivity contribution in [1.82, 2.24) is 0 Å². The molecule has 0 radical (unpaired) electrons. The van der Waals surface area contributed by atoms with Gasteiger partial charge in [-0.25, -0.2) is 4.79 Å². The van der Waals surface area contributed by atoms with E-state index in [1.165, 1.54) is 0 Å². The fraction of sp³-hybridized carbons (Fsp3) is 0.719. The van der Waals surface area contributed by atoms with Gasteiger partial charge in [0.1, 0.15) is 13.2 Å². The highest BCUT2D eigenvalue weighted by Crippen LogP contribution is 2.01. The van der Waals surface area contributed by atoms with E-state index in [9.17, 15) is 14.4 Å². The van der Waals surface area contributed by atoms with E-state index >= 15 is 0 Å². The van der Waals surface area contributed by atoms with Crippen molar-refractivity contribution < 1.29 is 66.5 Å². The summed E-state index contributed by atoms with van der Waals surface area (Å²) in [5.74, 6) is -1.77. The molecule has 0 aliphatic carbocycles. The average Bonchev–Trinajstić information content (AvgIpc) is 3.07. The zero-order valence-electron chi connectivity index (χ0n) is 27.2. The third-order valence-corrected chi connectivity index (χ3v) is 5.60. The first kappa shape index (κ1) is 41.5. The van der Waals surface area contributed by atoms with Crippen molar-refractivity contribution in [1.29, 1.82) is 0 Å². The van der Waals surface area contributed by atoms with E-state index in [1.54, 1.807) is 30.3 Å². The van der Waals surface area contributed by atoms with Gasteiger partial charge in [0.2, 0.25) is 0 Å². The van der Waals surface area contributed by atoms with Crippen LogP contribution in [0.2, 0.25) is 0 Å². The Morgan fingerprint density at radius 3 is 1.07 bits per heavy atom. The van der Waals surface area contributed by atoms with Crippen molar-refractivity contribution in [3.8, 4) is 0 Å². The SMILES string of the molecule is CCCC(=O)OCCOCCOCCOCCOCCOCCOCCOCCOCCOCCOC(=O)C(=O)c1ccccc1. The second-order valence-electron chi connectivity index (χ2n) is 9.31. The number of Topliss-reactive ketones (excluding diaryl/α,β-unsaturated/α-hetero) is 1. The van der Waals surface area contributed by atoms with Gasteiger partial charge in [-0.1, -0.05) is 37.3 Å². The van der Waals surface area contributed by atoms with E-state index in [0.29, 0.717) is 124 Å². The number of ketones is 1. The van der Waals surface area contributed by atoms with E-state index in [-0.39, 0.29) is 25.8 Å². The fourth-order valence-corrected chi connectivity index (χ4v) is 3.32. The smallest absolute Gasteiger partial charge is 0.379 e. The molecule has 1 aromatic carbocycles. The molecular formula is C32H52O14. The highest BCUT2D eigenvalue weighted by Gasteiger charge is 2.17. The number of carbonyl (C=O) groups excluding carboxylic acids is 3. The lowest BCUT2D eigenvalue weighted by molar-refractivity contribution is -0.145. The van der Waals surface area contributed by atoms with E-state index < -0.39 is 11.8 Å². The molecule has 0 spiro atoms. The van der Waals surface area contributed by atoms with Crippen molar-refractivity contribution in [2.24, 2.45) is 0 Å². The van der Waals surface area contributed by atoms with Crippen LogP contribution in [0.3, 0.4) is 0 Å². The van der Waals surface area contributed by atoms with Gasteiger partial charge in [-0.3, -0.25) is 9.59 Å². The predicted molar refractivity (Wildman–Crippen MR) is 165 cm³/mol. The number of hydrogen-bond donors (Lipinski definition) is 0. The van der Waals surface area contributed by atoms with E-state index in [2.05, 4.69) is 0 Å². The fourth-order valence-electron chi connectivity index (χ4n) is 3.32. The third kappa shape index (κ3) is 26.7. The van der Waals surface area contributed by atoms with Crippen LogP contribution in [0.5, 0.6) is 0 Å². The summed E-state index contributed by atoms with van der Waals surface area (Å²) in [6.07, 6.45) is 1.21. The summed E-state index contributed by atoms with van der Waals surface area (Å²) < 4.78 is 58.5. The van der Waals surface area contributed by atoms with Crippen LogP contribution in [0.25, 0.3) is 0 Å². The zero-order valence-corrected chi connectivity index (χ0v) is 27.2. The molecule has 0 fully saturated rings. The summed E-state index contributed by atoms with van der Waals surface area (Å²) in [5, 5.41) is 0. The first-order valence-corrected chi connectivity index (χ1v) is 15.8. The number of carbonyl (C=O) groups is 3. The van der Waals surface area contributed by atoms with E-state index in [1.807, 2.05) is 6.92 Å². The first-order chi connectivity index (χ1) is 22.6. The molecule has 0 aromatic heterocycles. The van der Waals surface area contributed by atoms with Gasteiger partial charge in [-0.2, -0.15) is 0 Å². The molecule has 0 aliphatic heterocycles. The molecule has 264 valence electrons. The van der Waals surface area contributed by atoms with Gasteiger partial charge in [0.05, 0.1) is 119 Å². The molecule has 46 heavy (non-hydrogen) atoms. The lowest BCUT2D eigenvalue weighted by Crippen LogP contribution is -2.20. The molecule has 1 rings (SSSR count). The number of ether oxygens (including phenoxy) is 11. The molecule has 0 atom stereocenters. The number of hydrogen-bond acceptors (Lipinski definition) is 14. The van der Waals surface area contributed by atoms with Crippen molar-refractivity contribution in [2.45, 2.75) is 19.8 Å². The highest BCUT2D eigenvalue weighted by atomic mass is 16.6. The second kappa shape index (κ2) is 32.4. The third-order valence-electron chi connectivity index (χ3n) is 5.60. The molecular weight excluding hydrogens is 608 g/mol. The molecule has 0 aliphatic rings. The Hall–Kier alpha value is -2.53. The summed E-state index contributed by atoms with van der Waals surface area (Å²) in [6, 6.07) is 8.24. The quantitative estimate of drug-likeness (QED) is 0.0458. The lowest BCUT2D eigenvalue weighted by atomic mass is 10.1. The van der Waals surface area contributed by atoms with E-state index in [0.717, 1.165) is 6.42 Å². The molecule has 0 amide bonds. The van der Waals surface area contributed by atoms with Gasteiger partial charge < -0.3 is 52.1 Å². The largest absolute Gasteiger partial charge is 0.463 e. The average molecular weight is 661 g/mol. The van der Waals surface area contributed by atoms with Crippen LogP contribution < -0.4 is 0 Å². The number of esters is 2. The molecule has 1 aromatic rings. The second-order valence-corrected chi connectivity index (χ2v) is 9.31.